The predicted molar refractivity (Wildman–Crippen MR) is 134 cm³/mol. The summed E-state index contributed by atoms with van der Waals surface area (Å²) < 4.78 is 14.3. The molecule has 0 aromatic rings. The lowest BCUT2D eigenvalue weighted by atomic mass is 9.85. The van der Waals surface area contributed by atoms with Crippen LogP contribution in [0.25, 0.3) is 0 Å². The summed E-state index contributed by atoms with van der Waals surface area (Å²) in [7, 11) is -1.08. The molecule has 0 spiro atoms. The van der Waals surface area contributed by atoms with Gasteiger partial charge in [0.1, 0.15) is 0 Å². The van der Waals surface area contributed by atoms with Gasteiger partial charge in [-0.25, -0.2) is 4.39 Å². The standard InChI is InChI=1S/C27H44FNSi/c1-23(14-12-21-29)13-11-15-26(28)25(3)17-16-24(2)18-20-27(4,5)19-9-10-22-30(6,7)8/h13,18H,11-12,14-17,19-20,22H2,1-8H3/b23-13+,24-18-,26-25-. The van der Waals surface area contributed by atoms with E-state index in [4.69, 9.17) is 5.26 Å². The Hall–Kier alpha value is -1.58. The van der Waals surface area contributed by atoms with Crippen molar-refractivity contribution in [1.82, 2.24) is 0 Å². The number of nitriles is 1. The predicted octanol–water partition coefficient (Wildman–Crippen LogP) is 9.13. The summed E-state index contributed by atoms with van der Waals surface area (Å²) in [5.41, 5.74) is 3.55. The molecule has 0 radical (unpaired) electrons. The van der Waals surface area contributed by atoms with E-state index in [1.54, 1.807) is 0 Å². The van der Waals surface area contributed by atoms with Gasteiger partial charge in [-0.15, -0.1) is 11.8 Å². The monoisotopic (exact) mass is 429 g/mol. The Balaban J connectivity index is 4.48. The highest BCUT2D eigenvalue weighted by Crippen LogP contribution is 2.27. The second-order valence-corrected chi connectivity index (χ2v) is 16.1. The fraction of sp³-hybridized carbons (Fsp3) is 0.667. The summed E-state index contributed by atoms with van der Waals surface area (Å²) in [5.74, 6) is 6.79. The third kappa shape index (κ3) is 16.2. The number of hydrogen-bond donors (Lipinski definition) is 0. The van der Waals surface area contributed by atoms with E-state index in [1.807, 2.05) is 13.8 Å². The third-order valence-electron chi connectivity index (χ3n) is 5.16. The molecule has 0 amide bonds. The van der Waals surface area contributed by atoms with Gasteiger partial charge in [0.25, 0.3) is 0 Å². The maximum atomic E-state index is 14.3. The van der Waals surface area contributed by atoms with Crippen LogP contribution in [-0.4, -0.2) is 8.07 Å². The van der Waals surface area contributed by atoms with Crippen molar-refractivity contribution in [2.75, 3.05) is 0 Å². The first-order valence-electron chi connectivity index (χ1n) is 11.3. The molecule has 0 fully saturated rings. The summed E-state index contributed by atoms with van der Waals surface area (Å²) in [6.45, 7) is 17.7. The van der Waals surface area contributed by atoms with E-state index in [2.05, 4.69) is 70.5 Å². The van der Waals surface area contributed by atoms with Crippen LogP contribution in [-0.2, 0) is 0 Å². The van der Waals surface area contributed by atoms with Crippen molar-refractivity contribution >= 4 is 8.07 Å². The fourth-order valence-corrected chi connectivity index (χ4v) is 3.44. The van der Waals surface area contributed by atoms with Crippen molar-refractivity contribution in [1.29, 1.82) is 5.26 Å². The average Bonchev–Trinajstić information content (AvgIpc) is 2.65. The highest BCUT2D eigenvalue weighted by atomic mass is 28.3. The summed E-state index contributed by atoms with van der Waals surface area (Å²) in [4.78, 5) is 0. The smallest absolute Gasteiger partial charge is 0.0991 e. The van der Waals surface area contributed by atoms with Crippen molar-refractivity contribution in [3.05, 3.63) is 34.7 Å². The zero-order valence-electron chi connectivity index (χ0n) is 20.8. The largest absolute Gasteiger partial charge is 0.212 e. The molecular formula is C27H44FNSi. The molecule has 168 valence electrons. The first-order chi connectivity index (χ1) is 13.9. The highest BCUT2D eigenvalue weighted by Gasteiger charge is 2.15. The number of hydrogen-bond acceptors (Lipinski definition) is 1. The normalized spacial score (nSPS) is 14.0. The maximum Gasteiger partial charge on any atom is 0.0991 e. The quantitative estimate of drug-likeness (QED) is 0.172. The van der Waals surface area contributed by atoms with Crippen LogP contribution < -0.4 is 0 Å². The Labute approximate surface area is 187 Å². The van der Waals surface area contributed by atoms with Crippen molar-refractivity contribution in [3.8, 4) is 17.9 Å². The SMILES string of the molecule is C/C(=C/CC(C)(C)CC#CC[Si](C)(C)C)CC/C(C)=C(\F)CC/C=C(\C)CCC#N. The summed E-state index contributed by atoms with van der Waals surface area (Å²) in [6.07, 6.45) is 10.5. The summed E-state index contributed by atoms with van der Waals surface area (Å²) in [5, 5.41) is 8.61. The molecule has 0 rings (SSSR count). The lowest BCUT2D eigenvalue weighted by Crippen LogP contribution is -2.17. The molecule has 0 N–H and O–H groups in total. The molecule has 0 aliphatic rings. The molecule has 0 heterocycles. The van der Waals surface area contributed by atoms with Crippen LogP contribution in [0.4, 0.5) is 4.39 Å². The van der Waals surface area contributed by atoms with E-state index >= 15 is 0 Å². The number of rotatable bonds is 12. The van der Waals surface area contributed by atoms with E-state index in [1.165, 1.54) is 11.1 Å². The molecule has 30 heavy (non-hydrogen) atoms. The van der Waals surface area contributed by atoms with Crippen LogP contribution in [0.3, 0.4) is 0 Å². The molecule has 0 bridgehead atoms. The molecule has 0 aromatic carbocycles. The van der Waals surface area contributed by atoms with Crippen LogP contribution in [0.1, 0.15) is 86.0 Å². The minimum absolute atomic E-state index is 0.0186. The first-order valence-corrected chi connectivity index (χ1v) is 15.0. The Morgan fingerprint density at radius 3 is 2.17 bits per heavy atom. The fourth-order valence-electron chi connectivity index (χ4n) is 2.79. The third-order valence-corrected chi connectivity index (χ3v) is 6.40. The van der Waals surface area contributed by atoms with Gasteiger partial charge in [-0.2, -0.15) is 5.26 Å². The molecule has 0 atom stereocenters. The lowest BCUT2D eigenvalue weighted by Gasteiger charge is -2.20. The second-order valence-electron chi connectivity index (χ2n) is 10.6. The van der Waals surface area contributed by atoms with Crippen LogP contribution in [0.2, 0.25) is 25.7 Å². The van der Waals surface area contributed by atoms with Crippen LogP contribution in [0.15, 0.2) is 34.7 Å². The summed E-state index contributed by atoms with van der Waals surface area (Å²) in [6, 6.07) is 3.22. The molecule has 0 saturated carbocycles. The average molecular weight is 430 g/mol. The molecule has 0 unspecified atom stereocenters. The van der Waals surface area contributed by atoms with Gasteiger partial charge in [0.2, 0.25) is 0 Å². The molecule has 0 saturated heterocycles. The molecule has 1 nitrogen and oxygen atoms in total. The van der Waals surface area contributed by atoms with E-state index in [9.17, 15) is 4.39 Å². The number of allylic oxidation sites excluding steroid dienone is 6. The van der Waals surface area contributed by atoms with Crippen LogP contribution in [0, 0.1) is 28.6 Å². The van der Waals surface area contributed by atoms with Crippen molar-refractivity contribution < 1.29 is 4.39 Å². The van der Waals surface area contributed by atoms with Crippen LogP contribution in [0.5, 0.6) is 0 Å². The van der Waals surface area contributed by atoms with Gasteiger partial charge in [0.05, 0.1) is 20.0 Å². The molecular weight excluding hydrogens is 385 g/mol. The van der Waals surface area contributed by atoms with Crippen LogP contribution >= 0.6 is 0 Å². The lowest BCUT2D eigenvalue weighted by molar-refractivity contribution is 0.382. The van der Waals surface area contributed by atoms with Gasteiger partial charge in [-0.3, -0.25) is 0 Å². The van der Waals surface area contributed by atoms with Gasteiger partial charge in [0.15, 0.2) is 0 Å². The molecule has 3 heteroatoms. The maximum absolute atomic E-state index is 14.3. The molecule has 0 aromatic heterocycles. The van der Waals surface area contributed by atoms with E-state index in [0.717, 1.165) is 43.7 Å². The van der Waals surface area contributed by atoms with E-state index in [-0.39, 0.29) is 11.2 Å². The minimum Gasteiger partial charge on any atom is -0.212 e. The second kappa shape index (κ2) is 14.4. The van der Waals surface area contributed by atoms with Gasteiger partial charge >= 0.3 is 0 Å². The topological polar surface area (TPSA) is 23.8 Å². The number of nitrogens with zero attached hydrogens (tertiary/aromatic N) is 1. The Kier molecular flexibility index (Phi) is 13.7. The molecule has 0 aliphatic heterocycles. The first kappa shape index (κ1) is 28.4. The van der Waals surface area contributed by atoms with Gasteiger partial charge in [0, 0.05) is 25.3 Å². The Morgan fingerprint density at radius 2 is 1.57 bits per heavy atom. The van der Waals surface area contributed by atoms with Gasteiger partial charge in [-0.05, 0) is 63.9 Å². The van der Waals surface area contributed by atoms with Crippen molar-refractivity contribution in [3.63, 3.8) is 0 Å². The Morgan fingerprint density at radius 1 is 0.933 bits per heavy atom. The van der Waals surface area contributed by atoms with Crippen molar-refractivity contribution in [2.45, 2.75) is 112 Å². The summed E-state index contributed by atoms with van der Waals surface area (Å²) >= 11 is 0. The highest BCUT2D eigenvalue weighted by molar-refractivity contribution is 6.76. The Bertz CT molecular complexity index is 715. The van der Waals surface area contributed by atoms with Gasteiger partial charge in [-0.1, -0.05) is 56.8 Å². The minimum atomic E-state index is -1.08. The zero-order chi connectivity index (χ0) is 23.2. The number of halogens is 1. The van der Waals surface area contributed by atoms with E-state index in [0.29, 0.717) is 19.3 Å². The molecule has 0 aliphatic carbocycles. The van der Waals surface area contributed by atoms with Gasteiger partial charge < -0.3 is 0 Å². The van der Waals surface area contributed by atoms with E-state index < -0.39 is 8.07 Å². The zero-order valence-corrected chi connectivity index (χ0v) is 21.8. The van der Waals surface area contributed by atoms with Crippen molar-refractivity contribution in [2.24, 2.45) is 5.41 Å².